The number of rotatable bonds is 8. The van der Waals surface area contributed by atoms with E-state index in [1.807, 2.05) is 30.3 Å². The Morgan fingerprint density at radius 2 is 1.89 bits per heavy atom. The van der Waals surface area contributed by atoms with Gasteiger partial charge in [0.1, 0.15) is 18.0 Å². The van der Waals surface area contributed by atoms with Crippen LogP contribution in [0.2, 0.25) is 0 Å². The van der Waals surface area contributed by atoms with Crippen molar-refractivity contribution in [1.29, 1.82) is 0 Å². The number of sulfonamides is 1. The molecule has 1 amide bonds. The number of hydrogen-bond donors (Lipinski definition) is 1. The third-order valence-electron chi connectivity index (χ3n) is 4.01. The van der Waals surface area contributed by atoms with Gasteiger partial charge in [0, 0.05) is 12.1 Å². The Hall–Kier alpha value is -3.14. The molecule has 28 heavy (non-hydrogen) atoms. The number of nitro benzene ring substituents is 1. The summed E-state index contributed by atoms with van der Waals surface area (Å²) in [4.78, 5) is 22.9. The van der Waals surface area contributed by atoms with Crippen LogP contribution in [0.1, 0.15) is 18.5 Å². The Labute approximate surface area is 163 Å². The van der Waals surface area contributed by atoms with Crippen molar-refractivity contribution in [3.63, 3.8) is 0 Å². The summed E-state index contributed by atoms with van der Waals surface area (Å²) in [5.74, 6) is -0.463. The first kappa shape index (κ1) is 21.2. The van der Waals surface area contributed by atoms with Gasteiger partial charge in [0.25, 0.3) is 5.69 Å². The summed E-state index contributed by atoms with van der Waals surface area (Å²) in [5, 5.41) is 13.8. The summed E-state index contributed by atoms with van der Waals surface area (Å²) in [6.45, 7) is 1.22. The molecular weight excluding hydrogens is 386 g/mol. The Morgan fingerprint density at radius 1 is 1.25 bits per heavy atom. The van der Waals surface area contributed by atoms with Gasteiger partial charge in [-0.25, -0.2) is 8.42 Å². The lowest BCUT2D eigenvalue weighted by Gasteiger charge is -2.24. The molecule has 0 radical (unpaired) electrons. The van der Waals surface area contributed by atoms with Crippen molar-refractivity contribution >= 4 is 27.3 Å². The highest BCUT2D eigenvalue weighted by molar-refractivity contribution is 7.92. The van der Waals surface area contributed by atoms with Crippen LogP contribution in [0, 0.1) is 10.1 Å². The Bertz CT molecular complexity index is 963. The third-order valence-corrected chi connectivity index (χ3v) is 5.13. The predicted octanol–water partition coefficient (Wildman–Crippen LogP) is 2.25. The maximum Gasteiger partial charge on any atom is 0.271 e. The number of carbonyl (C=O) groups excluding carboxylic acids is 1. The first-order valence-electron chi connectivity index (χ1n) is 8.28. The number of anilines is 1. The Kier molecular flexibility index (Phi) is 6.57. The second-order valence-corrected chi connectivity index (χ2v) is 7.99. The van der Waals surface area contributed by atoms with Crippen LogP contribution in [0.4, 0.5) is 11.4 Å². The quantitative estimate of drug-likeness (QED) is 0.529. The van der Waals surface area contributed by atoms with E-state index in [9.17, 15) is 23.3 Å². The molecule has 2 aromatic rings. The van der Waals surface area contributed by atoms with E-state index in [4.69, 9.17) is 4.74 Å². The average Bonchev–Trinajstić information content (AvgIpc) is 2.65. The van der Waals surface area contributed by atoms with Gasteiger partial charge in [0.15, 0.2) is 0 Å². The van der Waals surface area contributed by atoms with Crippen LogP contribution in [-0.4, -0.2) is 39.2 Å². The summed E-state index contributed by atoms with van der Waals surface area (Å²) in [6, 6.07) is 12.4. The number of hydrogen-bond acceptors (Lipinski definition) is 6. The second-order valence-electron chi connectivity index (χ2n) is 6.08. The lowest BCUT2D eigenvalue weighted by molar-refractivity contribution is -0.384. The van der Waals surface area contributed by atoms with Gasteiger partial charge in [-0.05, 0) is 18.6 Å². The molecule has 1 atom stereocenters. The van der Waals surface area contributed by atoms with Crippen LogP contribution >= 0.6 is 0 Å². The van der Waals surface area contributed by atoms with E-state index in [1.165, 1.54) is 19.2 Å². The molecule has 2 rings (SSSR count). The Morgan fingerprint density at radius 3 is 2.43 bits per heavy atom. The third kappa shape index (κ3) is 5.19. The van der Waals surface area contributed by atoms with E-state index in [2.05, 4.69) is 5.32 Å². The minimum Gasteiger partial charge on any atom is -0.495 e. The molecule has 0 aliphatic rings. The van der Waals surface area contributed by atoms with E-state index in [0.717, 1.165) is 22.2 Å². The molecule has 0 saturated heterocycles. The maximum atomic E-state index is 12.5. The highest BCUT2D eigenvalue weighted by Crippen LogP contribution is 2.33. The molecule has 0 aliphatic carbocycles. The summed E-state index contributed by atoms with van der Waals surface area (Å²) in [5.41, 5.74) is 0.457. The molecule has 0 saturated carbocycles. The molecule has 2 aromatic carbocycles. The number of benzene rings is 2. The number of methoxy groups -OCH3 is 1. The molecule has 9 nitrogen and oxygen atoms in total. The predicted molar refractivity (Wildman–Crippen MR) is 105 cm³/mol. The smallest absolute Gasteiger partial charge is 0.271 e. The van der Waals surface area contributed by atoms with Crippen molar-refractivity contribution in [3.05, 3.63) is 64.2 Å². The fourth-order valence-electron chi connectivity index (χ4n) is 2.61. The van der Waals surface area contributed by atoms with E-state index in [-0.39, 0.29) is 23.2 Å². The van der Waals surface area contributed by atoms with E-state index in [1.54, 1.807) is 6.92 Å². The van der Waals surface area contributed by atoms with Crippen LogP contribution in [0.15, 0.2) is 48.5 Å². The molecular formula is C18H21N3O6S. The van der Waals surface area contributed by atoms with Crippen LogP contribution < -0.4 is 14.4 Å². The van der Waals surface area contributed by atoms with Crippen molar-refractivity contribution in [1.82, 2.24) is 5.32 Å². The van der Waals surface area contributed by atoms with Crippen molar-refractivity contribution in [3.8, 4) is 5.75 Å². The van der Waals surface area contributed by atoms with Crippen molar-refractivity contribution in [2.75, 3.05) is 24.2 Å². The van der Waals surface area contributed by atoms with Gasteiger partial charge in [-0.1, -0.05) is 30.3 Å². The zero-order valence-corrected chi connectivity index (χ0v) is 16.5. The van der Waals surface area contributed by atoms with Gasteiger partial charge in [-0.2, -0.15) is 0 Å². The summed E-state index contributed by atoms with van der Waals surface area (Å²) >= 11 is 0. The van der Waals surface area contributed by atoms with E-state index >= 15 is 0 Å². The number of nitrogens with one attached hydrogen (secondary N) is 1. The number of non-ortho nitro benzene ring substituents is 1. The zero-order chi connectivity index (χ0) is 20.9. The molecule has 0 bridgehead atoms. The molecule has 0 fully saturated rings. The minimum atomic E-state index is -3.92. The first-order valence-corrected chi connectivity index (χ1v) is 10.1. The van der Waals surface area contributed by atoms with Gasteiger partial charge in [0.05, 0.1) is 24.3 Å². The van der Waals surface area contributed by atoms with Crippen LogP contribution in [0.3, 0.4) is 0 Å². The molecule has 1 N–H and O–H groups in total. The van der Waals surface area contributed by atoms with E-state index < -0.39 is 27.4 Å². The average molecular weight is 407 g/mol. The normalized spacial score (nSPS) is 12.1. The van der Waals surface area contributed by atoms with Gasteiger partial charge in [0.2, 0.25) is 15.9 Å². The molecule has 10 heteroatoms. The van der Waals surface area contributed by atoms with Gasteiger partial charge < -0.3 is 10.1 Å². The maximum absolute atomic E-state index is 12.5. The van der Waals surface area contributed by atoms with Gasteiger partial charge in [-0.3, -0.25) is 19.2 Å². The fraction of sp³-hybridized carbons (Fsp3) is 0.278. The van der Waals surface area contributed by atoms with Crippen LogP contribution in [0.25, 0.3) is 0 Å². The Balaban J connectivity index is 2.31. The number of ether oxygens (including phenoxy) is 1. The highest BCUT2D eigenvalue weighted by atomic mass is 32.2. The van der Waals surface area contributed by atoms with Crippen LogP contribution in [-0.2, 0) is 14.8 Å². The summed E-state index contributed by atoms with van der Waals surface area (Å²) in [6.07, 6.45) is 0.916. The summed E-state index contributed by atoms with van der Waals surface area (Å²) in [7, 11) is -2.61. The zero-order valence-electron chi connectivity index (χ0n) is 15.7. The molecule has 0 spiro atoms. The number of amides is 1. The number of nitro groups is 1. The van der Waals surface area contributed by atoms with Gasteiger partial charge in [-0.15, -0.1) is 0 Å². The lowest BCUT2D eigenvalue weighted by Crippen LogP contribution is -2.41. The van der Waals surface area contributed by atoms with Crippen molar-refractivity contribution < 1.29 is 22.9 Å². The largest absolute Gasteiger partial charge is 0.495 e. The SMILES string of the molecule is COc1ccc([N+](=O)[O-])cc1N(CC(=O)NC(C)c1ccccc1)S(C)(=O)=O. The van der Waals surface area contributed by atoms with Crippen LogP contribution in [0.5, 0.6) is 5.75 Å². The first-order chi connectivity index (χ1) is 13.1. The molecule has 1 unspecified atom stereocenters. The lowest BCUT2D eigenvalue weighted by atomic mass is 10.1. The topological polar surface area (TPSA) is 119 Å². The van der Waals surface area contributed by atoms with Gasteiger partial charge >= 0.3 is 0 Å². The molecule has 0 aromatic heterocycles. The molecule has 0 heterocycles. The number of nitrogens with zero attached hydrogens (tertiary/aromatic N) is 2. The van der Waals surface area contributed by atoms with Crippen molar-refractivity contribution in [2.24, 2.45) is 0 Å². The molecule has 0 aliphatic heterocycles. The minimum absolute atomic E-state index is 0.0817. The monoisotopic (exact) mass is 407 g/mol. The van der Waals surface area contributed by atoms with E-state index in [0.29, 0.717) is 0 Å². The summed E-state index contributed by atoms with van der Waals surface area (Å²) < 4.78 is 30.5. The van der Waals surface area contributed by atoms with Crippen molar-refractivity contribution in [2.45, 2.75) is 13.0 Å². The second kappa shape index (κ2) is 8.70. The fourth-order valence-corrected chi connectivity index (χ4v) is 3.46. The highest BCUT2D eigenvalue weighted by Gasteiger charge is 2.26. The number of carbonyl (C=O) groups is 1. The molecule has 150 valence electrons. The standard InChI is InChI=1S/C18H21N3O6S/c1-13(14-7-5-4-6-8-14)19-18(22)12-20(28(3,25)26)16-11-15(21(23)24)9-10-17(16)27-2/h4-11,13H,12H2,1-3H3,(H,19,22).